The Morgan fingerprint density at radius 2 is 0.465 bits per heavy atom. The molecule has 17 nitrogen and oxygen atoms in total. The summed E-state index contributed by atoms with van der Waals surface area (Å²) in [5, 5.41) is 10.6. The number of aliphatic hydroxyl groups is 1. The Morgan fingerprint density at radius 1 is 0.273 bits per heavy atom. The zero-order chi connectivity index (χ0) is 73.0. The highest BCUT2D eigenvalue weighted by Crippen LogP contribution is 2.45. The number of unbranched alkanes of at least 4 members (excludes halogenated alkanes) is 46. The van der Waals surface area contributed by atoms with Crippen molar-refractivity contribution in [1.29, 1.82) is 0 Å². The van der Waals surface area contributed by atoms with Gasteiger partial charge in [-0.1, -0.05) is 363 Å². The van der Waals surface area contributed by atoms with Crippen LogP contribution >= 0.6 is 15.6 Å². The van der Waals surface area contributed by atoms with Crippen LogP contribution in [0.5, 0.6) is 0 Å². The van der Waals surface area contributed by atoms with E-state index >= 15 is 0 Å². The minimum atomic E-state index is -4.96. The van der Waals surface area contributed by atoms with Crippen LogP contribution in [-0.2, 0) is 65.4 Å². The number of hydrogen-bond donors (Lipinski definition) is 3. The van der Waals surface area contributed by atoms with Crippen molar-refractivity contribution in [3.63, 3.8) is 0 Å². The summed E-state index contributed by atoms with van der Waals surface area (Å²) in [4.78, 5) is 72.8. The normalized spacial score (nSPS) is 14.0. The molecule has 0 aliphatic heterocycles. The van der Waals surface area contributed by atoms with E-state index in [-0.39, 0.29) is 25.7 Å². The molecule has 2 unspecified atom stereocenters. The summed E-state index contributed by atoms with van der Waals surface area (Å²) >= 11 is 0. The molecule has 0 aliphatic rings. The fourth-order valence-corrected chi connectivity index (χ4v) is 13.9. The monoisotopic (exact) mass is 1450 g/mol. The smallest absolute Gasteiger partial charge is 0.462 e. The minimum Gasteiger partial charge on any atom is -0.462 e. The van der Waals surface area contributed by atoms with Crippen LogP contribution in [0.3, 0.4) is 0 Å². The van der Waals surface area contributed by atoms with Gasteiger partial charge in [-0.15, -0.1) is 0 Å². The first kappa shape index (κ1) is 97.1. The maximum absolute atomic E-state index is 13.1. The highest BCUT2D eigenvalue weighted by molar-refractivity contribution is 7.47. The third-order valence-electron chi connectivity index (χ3n) is 18.6. The molecule has 0 radical (unpaired) electrons. The number of phosphoric acid groups is 2. The van der Waals surface area contributed by atoms with Crippen molar-refractivity contribution in [2.24, 2.45) is 17.8 Å². The van der Waals surface area contributed by atoms with Crippen LogP contribution in [0.4, 0.5) is 0 Å². The lowest BCUT2D eigenvalue weighted by atomic mass is 10.0. The summed E-state index contributed by atoms with van der Waals surface area (Å²) in [6.07, 6.45) is 58.5. The molecule has 0 saturated heterocycles. The third-order valence-corrected chi connectivity index (χ3v) is 20.5. The Morgan fingerprint density at radius 3 is 0.687 bits per heavy atom. The molecule has 0 fully saturated rings. The second-order valence-electron chi connectivity index (χ2n) is 30.2. The van der Waals surface area contributed by atoms with Crippen molar-refractivity contribution in [3.05, 3.63) is 0 Å². The van der Waals surface area contributed by atoms with Crippen molar-refractivity contribution in [2.75, 3.05) is 39.6 Å². The SMILES string of the molecule is CCCCCCCCCC(=O)OC[C@H](COP(=O)(O)OC[C@H](O)COP(=O)(O)OC[C@@H](COC(=O)CCCCCCCCCCCCCCCCCC(C)C)OC(=O)CCCCCCCCCCCCCCCCCCCCC(C)C)OC(=O)CCCCCCCCCCCCC(C)C. The van der Waals surface area contributed by atoms with Crippen LogP contribution in [0.25, 0.3) is 0 Å². The van der Waals surface area contributed by atoms with Gasteiger partial charge in [0.15, 0.2) is 12.2 Å². The lowest BCUT2D eigenvalue weighted by Gasteiger charge is -2.21. The number of phosphoric ester groups is 2. The Labute approximate surface area is 607 Å². The molecule has 0 bridgehead atoms. The average molecular weight is 1450 g/mol. The molecule has 0 spiro atoms. The number of aliphatic hydroxyl groups excluding tert-OH is 1. The Bertz CT molecular complexity index is 1920. The summed E-state index contributed by atoms with van der Waals surface area (Å²) in [6, 6.07) is 0. The van der Waals surface area contributed by atoms with Gasteiger partial charge in [0.05, 0.1) is 26.4 Å². The van der Waals surface area contributed by atoms with Crippen molar-refractivity contribution < 1.29 is 80.2 Å². The van der Waals surface area contributed by atoms with E-state index in [0.717, 1.165) is 120 Å². The first-order chi connectivity index (χ1) is 47.7. The number of carbonyl (C=O) groups is 4. The minimum absolute atomic E-state index is 0.106. The standard InChI is InChI=1S/C80H156O17P2/c1-8-9-10-11-37-47-54-61-77(82)90-67-75(96-80(85)64-57-50-43-36-30-29-33-40-46-53-60-73(6)7)69-94-98(86,87)92-65-74(81)66-93-99(88,89)95-70-76(68-91-78(83)62-55-48-41-34-27-23-20-16-18-22-26-32-39-45-52-59-72(4)5)97-79(84)63-56-49-42-35-28-24-19-15-13-12-14-17-21-25-31-38-44-51-58-71(2)3/h71-76,81H,8-70H2,1-7H3,(H,86,87)(H,88,89)/t74-,75+,76+/m0/s1. The van der Waals surface area contributed by atoms with E-state index in [2.05, 4.69) is 48.5 Å². The van der Waals surface area contributed by atoms with Gasteiger partial charge < -0.3 is 33.8 Å². The first-order valence-electron chi connectivity index (χ1n) is 41.3. The molecular weight excluding hydrogens is 1290 g/mol. The van der Waals surface area contributed by atoms with Gasteiger partial charge in [-0.2, -0.15) is 0 Å². The second kappa shape index (κ2) is 70.4. The third kappa shape index (κ3) is 74.1. The predicted molar refractivity (Wildman–Crippen MR) is 405 cm³/mol. The molecule has 3 N–H and O–H groups in total. The Hall–Kier alpha value is -1.94. The molecule has 0 heterocycles. The van der Waals surface area contributed by atoms with Crippen LogP contribution in [0.1, 0.15) is 414 Å². The molecule has 5 atom stereocenters. The summed E-state index contributed by atoms with van der Waals surface area (Å²) in [6.45, 7) is 11.9. The Kier molecular flexibility index (Phi) is 69.0. The summed E-state index contributed by atoms with van der Waals surface area (Å²) in [7, 11) is -9.91. The van der Waals surface area contributed by atoms with E-state index in [1.807, 2.05) is 0 Å². The molecule has 588 valence electrons. The van der Waals surface area contributed by atoms with E-state index in [0.29, 0.717) is 25.7 Å². The Balaban J connectivity index is 5.17. The number of esters is 4. The van der Waals surface area contributed by atoms with Gasteiger partial charge >= 0.3 is 39.5 Å². The average Bonchev–Trinajstić information content (AvgIpc) is 0.952. The van der Waals surface area contributed by atoms with Crippen molar-refractivity contribution in [2.45, 2.75) is 433 Å². The molecule has 0 aromatic rings. The molecule has 0 aliphatic carbocycles. The van der Waals surface area contributed by atoms with Crippen molar-refractivity contribution in [3.8, 4) is 0 Å². The van der Waals surface area contributed by atoms with Gasteiger partial charge in [0.25, 0.3) is 0 Å². The molecule has 99 heavy (non-hydrogen) atoms. The van der Waals surface area contributed by atoms with E-state index in [1.165, 1.54) is 212 Å². The van der Waals surface area contributed by atoms with Crippen molar-refractivity contribution in [1.82, 2.24) is 0 Å². The van der Waals surface area contributed by atoms with E-state index in [4.69, 9.17) is 37.0 Å². The van der Waals surface area contributed by atoms with Gasteiger partial charge in [0.1, 0.15) is 19.3 Å². The molecular formula is C80H156O17P2. The molecule has 0 amide bonds. The largest absolute Gasteiger partial charge is 0.472 e. The van der Waals surface area contributed by atoms with E-state index < -0.39 is 97.5 Å². The fourth-order valence-electron chi connectivity index (χ4n) is 12.3. The van der Waals surface area contributed by atoms with Gasteiger partial charge in [0, 0.05) is 25.7 Å². The molecule has 0 rings (SSSR count). The van der Waals surface area contributed by atoms with Crippen LogP contribution in [-0.4, -0.2) is 96.7 Å². The zero-order valence-electron chi connectivity index (χ0n) is 65.0. The van der Waals surface area contributed by atoms with E-state index in [9.17, 15) is 43.2 Å². The van der Waals surface area contributed by atoms with Crippen LogP contribution < -0.4 is 0 Å². The van der Waals surface area contributed by atoms with Crippen LogP contribution in [0, 0.1) is 17.8 Å². The molecule has 19 heteroatoms. The quantitative estimate of drug-likeness (QED) is 0.0222. The first-order valence-corrected chi connectivity index (χ1v) is 44.3. The molecule has 0 aromatic heterocycles. The number of carbonyl (C=O) groups excluding carboxylic acids is 4. The zero-order valence-corrected chi connectivity index (χ0v) is 66.8. The highest BCUT2D eigenvalue weighted by Gasteiger charge is 2.30. The number of ether oxygens (including phenoxy) is 4. The summed E-state index contributed by atoms with van der Waals surface area (Å²) in [5.41, 5.74) is 0. The maximum atomic E-state index is 13.1. The van der Waals surface area contributed by atoms with Crippen LogP contribution in [0.15, 0.2) is 0 Å². The fraction of sp³-hybridized carbons (Fsp3) is 0.950. The lowest BCUT2D eigenvalue weighted by molar-refractivity contribution is -0.161. The maximum Gasteiger partial charge on any atom is 0.472 e. The summed E-state index contributed by atoms with van der Waals surface area (Å²) < 4.78 is 68.5. The molecule has 0 saturated carbocycles. The predicted octanol–water partition coefficient (Wildman–Crippen LogP) is 23.7. The van der Waals surface area contributed by atoms with E-state index in [1.54, 1.807) is 0 Å². The van der Waals surface area contributed by atoms with Crippen molar-refractivity contribution >= 4 is 39.5 Å². The lowest BCUT2D eigenvalue weighted by Crippen LogP contribution is -2.30. The van der Waals surface area contributed by atoms with Gasteiger partial charge in [-0.05, 0) is 43.4 Å². The highest BCUT2D eigenvalue weighted by atomic mass is 31.2. The topological polar surface area (TPSA) is 237 Å². The van der Waals surface area contributed by atoms with Crippen LogP contribution in [0.2, 0.25) is 0 Å². The summed E-state index contributed by atoms with van der Waals surface area (Å²) in [5.74, 6) is 0.262. The number of hydrogen-bond acceptors (Lipinski definition) is 15. The molecule has 0 aromatic carbocycles. The van der Waals surface area contributed by atoms with Gasteiger partial charge in [-0.3, -0.25) is 37.3 Å². The number of rotatable bonds is 78. The van der Waals surface area contributed by atoms with Gasteiger partial charge in [-0.25, -0.2) is 9.13 Å². The van der Waals surface area contributed by atoms with Gasteiger partial charge in [0.2, 0.25) is 0 Å². The second-order valence-corrected chi connectivity index (χ2v) is 33.1.